The van der Waals surface area contributed by atoms with Crippen LogP contribution in [-0.4, -0.2) is 32.7 Å². The fourth-order valence-electron chi connectivity index (χ4n) is 3.98. The zero-order valence-electron chi connectivity index (χ0n) is 16.6. The molecule has 1 aliphatic rings. The Morgan fingerprint density at radius 3 is 2.82 bits per heavy atom. The van der Waals surface area contributed by atoms with Gasteiger partial charge in [-0.15, -0.1) is 0 Å². The van der Waals surface area contributed by atoms with E-state index in [2.05, 4.69) is 20.4 Å². The second-order valence-electron chi connectivity index (χ2n) is 7.65. The number of anilines is 1. The van der Waals surface area contributed by atoms with Crippen molar-refractivity contribution >= 4 is 11.8 Å². The molecule has 7 heteroatoms. The molecule has 28 heavy (non-hydrogen) atoms. The average molecular weight is 386 g/mol. The van der Waals surface area contributed by atoms with Crippen molar-refractivity contribution in [1.82, 2.24) is 15.1 Å². The summed E-state index contributed by atoms with van der Waals surface area (Å²) in [5.74, 6) is 1.38. The largest absolute Gasteiger partial charge is 0.481 e. The Balaban J connectivity index is 1.62. The van der Waals surface area contributed by atoms with E-state index in [1.165, 1.54) is 32.1 Å². The topological polar surface area (TPSA) is 101 Å². The molecule has 0 unspecified atom stereocenters. The SMILES string of the molecule is CCNc1ccc(-c2noc([C@H](CCCC3CCCCC3)CC(=O)O)n2)cn1. The number of carboxylic acids is 1. The third-order valence-electron chi connectivity index (χ3n) is 5.48. The van der Waals surface area contributed by atoms with Gasteiger partial charge in [0.05, 0.1) is 6.42 Å². The molecule has 2 heterocycles. The molecule has 1 fully saturated rings. The predicted octanol–water partition coefficient (Wildman–Crippen LogP) is 4.87. The van der Waals surface area contributed by atoms with Crippen LogP contribution in [0.2, 0.25) is 0 Å². The fraction of sp³-hybridized carbons (Fsp3) is 0.619. The van der Waals surface area contributed by atoms with Crippen molar-refractivity contribution < 1.29 is 14.4 Å². The van der Waals surface area contributed by atoms with E-state index in [-0.39, 0.29) is 12.3 Å². The van der Waals surface area contributed by atoms with Gasteiger partial charge in [0, 0.05) is 24.2 Å². The molecule has 0 aliphatic heterocycles. The van der Waals surface area contributed by atoms with Gasteiger partial charge in [0.15, 0.2) is 0 Å². The minimum atomic E-state index is -0.834. The van der Waals surface area contributed by atoms with Gasteiger partial charge in [-0.25, -0.2) is 4.98 Å². The number of nitrogens with one attached hydrogen (secondary N) is 1. The van der Waals surface area contributed by atoms with E-state index in [0.717, 1.165) is 43.1 Å². The molecule has 2 N–H and O–H groups in total. The Morgan fingerprint density at radius 1 is 1.32 bits per heavy atom. The monoisotopic (exact) mass is 386 g/mol. The van der Waals surface area contributed by atoms with E-state index in [1.54, 1.807) is 6.20 Å². The standard InChI is InChI=1S/C21H30N4O3/c1-2-22-18-12-11-17(14-23-18)20-24-21(28-25-20)16(13-19(26)27)10-6-9-15-7-4-3-5-8-15/h11-12,14-16H,2-10,13H2,1H3,(H,22,23)(H,26,27)/t16-/m1/s1. The maximum absolute atomic E-state index is 11.3. The Morgan fingerprint density at radius 2 is 2.14 bits per heavy atom. The first-order chi connectivity index (χ1) is 13.7. The second-order valence-corrected chi connectivity index (χ2v) is 7.65. The average Bonchev–Trinajstić information content (AvgIpc) is 3.19. The molecule has 1 aliphatic carbocycles. The van der Waals surface area contributed by atoms with E-state index in [1.807, 2.05) is 19.1 Å². The van der Waals surface area contributed by atoms with Crippen molar-refractivity contribution in [3.05, 3.63) is 24.2 Å². The lowest BCUT2D eigenvalue weighted by Crippen LogP contribution is -2.10. The first-order valence-electron chi connectivity index (χ1n) is 10.4. The molecule has 2 aromatic heterocycles. The number of aliphatic carboxylic acids is 1. The van der Waals surface area contributed by atoms with Crippen LogP contribution in [0.1, 0.15) is 76.5 Å². The van der Waals surface area contributed by atoms with Crippen LogP contribution in [0, 0.1) is 5.92 Å². The highest BCUT2D eigenvalue weighted by Gasteiger charge is 2.23. The third kappa shape index (κ3) is 5.78. The van der Waals surface area contributed by atoms with Gasteiger partial charge in [-0.2, -0.15) is 4.98 Å². The molecule has 1 atom stereocenters. The summed E-state index contributed by atoms with van der Waals surface area (Å²) >= 11 is 0. The van der Waals surface area contributed by atoms with Crippen molar-refractivity contribution in [3.8, 4) is 11.4 Å². The molecule has 0 saturated heterocycles. The molecule has 0 bridgehead atoms. The Hall–Kier alpha value is -2.44. The fourth-order valence-corrected chi connectivity index (χ4v) is 3.98. The lowest BCUT2D eigenvalue weighted by molar-refractivity contribution is -0.137. The summed E-state index contributed by atoms with van der Waals surface area (Å²) in [6.45, 7) is 2.81. The molecular weight excluding hydrogens is 356 g/mol. The zero-order valence-corrected chi connectivity index (χ0v) is 16.6. The number of carbonyl (C=O) groups is 1. The first kappa shape index (κ1) is 20.3. The normalized spacial score (nSPS) is 16.0. The van der Waals surface area contributed by atoms with Gasteiger partial charge >= 0.3 is 5.97 Å². The van der Waals surface area contributed by atoms with Crippen molar-refractivity contribution in [2.75, 3.05) is 11.9 Å². The maximum atomic E-state index is 11.3. The number of hydrogen-bond donors (Lipinski definition) is 2. The van der Waals surface area contributed by atoms with E-state index >= 15 is 0 Å². The molecule has 152 valence electrons. The van der Waals surface area contributed by atoms with E-state index in [9.17, 15) is 9.90 Å². The molecule has 1 saturated carbocycles. The van der Waals surface area contributed by atoms with Gasteiger partial charge in [0.2, 0.25) is 11.7 Å². The maximum Gasteiger partial charge on any atom is 0.304 e. The van der Waals surface area contributed by atoms with Crippen molar-refractivity contribution in [1.29, 1.82) is 0 Å². The molecule has 2 aromatic rings. The van der Waals surface area contributed by atoms with Gasteiger partial charge in [0.1, 0.15) is 5.82 Å². The van der Waals surface area contributed by atoms with Crippen LogP contribution in [0.5, 0.6) is 0 Å². The molecular formula is C21H30N4O3. The van der Waals surface area contributed by atoms with Crippen molar-refractivity contribution in [2.24, 2.45) is 5.92 Å². The summed E-state index contributed by atoms with van der Waals surface area (Å²) in [7, 11) is 0. The summed E-state index contributed by atoms with van der Waals surface area (Å²) in [6.07, 6.45) is 11.3. The van der Waals surface area contributed by atoms with Crippen LogP contribution in [0.25, 0.3) is 11.4 Å². The highest BCUT2D eigenvalue weighted by molar-refractivity contribution is 5.67. The van der Waals surface area contributed by atoms with E-state index in [0.29, 0.717) is 11.7 Å². The highest BCUT2D eigenvalue weighted by atomic mass is 16.5. The van der Waals surface area contributed by atoms with Crippen molar-refractivity contribution in [2.45, 2.75) is 70.6 Å². The number of carboxylic acid groups (broad SMARTS) is 1. The highest BCUT2D eigenvalue weighted by Crippen LogP contribution is 2.31. The summed E-state index contributed by atoms with van der Waals surface area (Å²) in [6, 6.07) is 3.75. The number of aromatic nitrogens is 3. The second kappa shape index (κ2) is 10.2. The van der Waals surface area contributed by atoms with Crippen LogP contribution in [0.4, 0.5) is 5.82 Å². The van der Waals surface area contributed by atoms with E-state index < -0.39 is 5.97 Å². The van der Waals surface area contributed by atoms with Crippen LogP contribution in [0.3, 0.4) is 0 Å². The Bertz CT molecular complexity index is 738. The number of pyridine rings is 1. The molecule has 0 spiro atoms. The van der Waals surface area contributed by atoms with Crippen LogP contribution in [-0.2, 0) is 4.79 Å². The number of hydrogen-bond acceptors (Lipinski definition) is 6. The van der Waals surface area contributed by atoms with Gasteiger partial charge in [-0.3, -0.25) is 4.79 Å². The number of rotatable bonds is 10. The van der Waals surface area contributed by atoms with Gasteiger partial charge in [0.25, 0.3) is 0 Å². The van der Waals surface area contributed by atoms with Gasteiger partial charge in [-0.05, 0) is 31.4 Å². The van der Waals surface area contributed by atoms with Gasteiger partial charge in [-0.1, -0.05) is 50.1 Å². The summed E-state index contributed by atoms with van der Waals surface area (Å²) < 4.78 is 5.43. The molecule has 3 rings (SSSR count). The molecule has 7 nitrogen and oxygen atoms in total. The zero-order chi connectivity index (χ0) is 19.8. The lowest BCUT2D eigenvalue weighted by atomic mass is 9.84. The quantitative estimate of drug-likeness (QED) is 0.600. The third-order valence-corrected chi connectivity index (χ3v) is 5.48. The van der Waals surface area contributed by atoms with E-state index in [4.69, 9.17) is 4.52 Å². The Labute approximate surface area is 166 Å². The van der Waals surface area contributed by atoms with Crippen LogP contribution >= 0.6 is 0 Å². The van der Waals surface area contributed by atoms with Crippen molar-refractivity contribution in [3.63, 3.8) is 0 Å². The number of nitrogens with zero attached hydrogens (tertiary/aromatic N) is 3. The lowest BCUT2D eigenvalue weighted by Gasteiger charge is -2.21. The summed E-state index contributed by atoms with van der Waals surface area (Å²) in [5, 5.41) is 16.5. The summed E-state index contributed by atoms with van der Waals surface area (Å²) in [5.41, 5.74) is 0.757. The Kier molecular flexibility index (Phi) is 7.39. The summed E-state index contributed by atoms with van der Waals surface area (Å²) in [4.78, 5) is 20.1. The van der Waals surface area contributed by atoms with Gasteiger partial charge < -0.3 is 14.9 Å². The predicted molar refractivity (Wildman–Crippen MR) is 107 cm³/mol. The van der Waals surface area contributed by atoms with Crippen LogP contribution < -0.4 is 5.32 Å². The molecule has 0 aromatic carbocycles. The minimum Gasteiger partial charge on any atom is -0.481 e. The first-order valence-corrected chi connectivity index (χ1v) is 10.4. The molecule has 0 amide bonds. The smallest absolute Gasteiger partial charge is 0.304 e. The minimum absolute atomic E-state index is 0.0178. The van der Waals surface area contributed by atoms with Crippen LogP contribution in [0.15, 0.2) is 22.9 Å². The molecule has 0 radical (unpaired) electrons.